The first-order valence-corrected chi connectivity index (χ1v) is 5.77. The minimum Gasteiger partial charge on any atom is -0.382 e. The normalized spacial score (nSPS) is 13.3. The smallest absolute Gasteiger partial charge is 0.382 e. The van der Waals surface area contributed by atoms with E-state index in [0.717, 1.165) is 4.90 Å². The molecule has 1 aromatic heterocycles. The maximum absolute atomic E-state index is 12.3. The third kappa shape index (κ3) is 3.18. The molecular formula is C10H15F3N4O3. The first kappa shape index (κ1) is 16.2. The predicted octanol–water partition coefficient (Wildman–Crippen LogP) is 1.48. The molecule has 7 nitrogen and oxygen atoms in total. The summed E-state index contributed by atoms with van der Waals surface area (Å²) in [6.07, 6.45) is -7.37. The standard InChI is InChI=1S/C10H15F3N4O3/c1-4-16-9(8(17(19)20)6(2)14-16)15(3)5-7(18)10(11,12)13/h7,18H,4-5H2,1-3H3/t7-/m1/s1. The average Bonchev–Trinajstić information content (AvgIpc) is 2.64. The molecule has 10 heteroatoms. The minimum atomic E-state index is -4.78. The topological polar surface area (TPSA) is 84.4 Å². The van der Waals surface area contributed by atoms with E-state index in [2.05, 4.69) is 5.10 Å². The minimum absolute atomic E-state index is 0.0571. The van der Waals surface area contributed by atoms with Crippen molar-refractivity contribution in [3.05, 3.63) is 15.8 Å². The van der Waals surface area contributed by atoms with Gasteiger partial charge in [0.2, 0.25) is 5.82 Å². The number of halogens is 3. The van der Waals surface area contributed by atoms with Crippen LogP contribution in [-0.4, -0.2) is 45.7 Å². The Kier molecular flexibility index (Phi) is 4.58. The lowest BCUT2D eigenvalue weighted by atomic mass is 10.3. The predicted molar refractivity (Wildman–Crippen MR) is 64.6 cm³/mol. The van der Waals surface area contributed by atoms with Crippen molar-refractivity contribution in [1.82, 2.24) is 9.78 Å². The van der Waals surface area contributed by atoms with E-state index < -0.39 is 23.7 Å². The van der Waals surface area contributed by atoms with Crippen molar-refractivity contribution < 1.29 is 23.2 Å². The highest BCUT2D eigenvalue weighted by molar-refractivity contribution is 5.61. The number of nitrogens with zero attached hydrogens (tertiary/aromatic N) is 4. The van der Waals surface area contributed by atoms with Gasteiger partial charge in [-0.05, 0) is 13.8 Å². The second-order valence-corrected chi connectivity index (χ2v) is 4.27. The Morgan fingerprint density at radius 3 is 2.50 bits per heavy atom. The largest absolute Gasteiger partial charge is 0.416 e. The Morgan fingerprint density at radius 2 is 2.10 bits per heavy atom. The van der Waals surface area contributed by atoms with Crippen LogP contribution in [0.5, 0.6) is 0 Å². The summed E-state index contributed by atoms with van der Waals surface area (Å²) < 4.78 is 38.2. The van der Waals surface area contributed by atoms with Crippen LogP contribution in [0.3, 0.4) is 0 Å². The van der Waals surface area contributed by atoms with Gasteiger partial charge in [0.05, 0.1) is 11.5 Å². The van der Waals surface area contributed by atoms with E-state index >= 15 is 0 Å². The van der Waals surface area contributed by atoms with Gasteiger partial charge in [0, 0.05) is 13.6 Å². The second-order valence-electron chi connectivity index (χ2n) is 4.27. The maximum atomic E-state index is 12.3. The zero-order valence-electron chi connectivity index (χ0n) is 11.2. The SMILES string of the molecule is CCn1nc(C)c([N+](=O)[O-])c1N(C)C[C@@H](O)C(F)(F)F. The highest BCUT2D eigenvalue weighted by Gasteiger charge is 2.40. The van der Waals surface area contributed by atoms with Gasteiger partial charge in [-0.3, -0.25) is 10.1 Å². The van der Waals surface area contributed by atoms with E-state index in [9.17, 15) is 23.3 Å². The number of hydrogen-bond acceptors (Lipinski definition) is 5. The fourth-order valence-corrected chi connectivity index (χ4v) is 1.82. The van der Waals surface area contributed by atoms with Gasteiger partial charge < -0.3 is 10.0 Å². The molecule has 0 aliphatic heterocycles. The lowest BCUT2D eigenvalue weighted by molar-refractivity contribution is -0.384. The number of anilines is 1. The van der Waals surface area contributed by atoms with Crippen molar-refractivity contribution in [2.75, 3.05) is 18.5 Å². The Morgan fingerprint density at radius 1 is 1.55 bits per heavy atom. The molecule has 0 unspecified atom stereocenters. The van der Waals surface area contributed by atoms with Crippen molar-refractivity contribution in [2.45, 2.75) is 32.7 Å². The average molecular weight is 296 g/mol. The maximum Gasteiger partial charge on any atom is 0.416 e. The Bertz CT molecular complexity index is 501. The zero-order chi connectivity index (χ0) is 15.7. The summed E-state index contributed by atoms with van der Waals surface area (Å²) in [6.45, 7) is 2.52. The molecule has 1 aromatic rings. The fraction of sp³-hybridized carbons (Fsp3) is 0.700. The number of aryl methyl sites for hydroxylation is 2. The van der Waals surface area contributed by atoms with E-state index in [1.54, 1.807) is 6.92 Å². The van der Waals surface area contributed by atoms with Gasteiger partial charge >= 0.3 is 11.9 Å². The van der Waals surface area contributed by atoms with Crippen LogP contribution in [0, 0.1) is 17.0 Å². The first-order chi connectivity index (χ1) is 9.09. The van der Waals surface area contributed by atoms with E-state index in [1.807, 2.05) is 0 Å². The summed E-state index contributed by atoms with van der Waals surface area (Å²) in [4.78, 5) is 11.3. The van der Waals surface area contributed by atoms with Gasteiger partial charge in [-0.25, -0.2) is 4.68 Å². The number of alkyl halides is 3. The summed E-state index contributed by atoms with van der Waals surface area (Å²) in [7, 11) is 1.24. The molecule has 20 heavy (non-hydrogen) atoms. The van der Waals surface area contributed by atoms with E-state index in [1.165, 1.54) is 18.7 Å². The molecule has 0 aromatic carbocycles. The summed E-state index contributed by atoms with van der Waals surface area (Å²) >= 11 is 0. The quantitative estimate of drug-likeness (QED) is 0.657. The molecule has 1 rings (SSSR count). The highest BCUT2D eigenvalue weighted by Crippen LogP contribution is 2.32. The molecule has 0 radical (unpaired) electrons. The molecule has 0 amide bonds. The lowest BCUT2D eigenvalue weighted by Gasteiger charge is -2.23. The molecule has 0 fully saturated rings. The van der Waals surface area contributed by atoms with Crippen LogP contribution in [0.25, 0.3) is 0 Å². The van der Waals surface area contributed by atoms with Crippen LogP contribution in [0.2, 0.25) is 0 Å². The van der Waals surface area contributed by atoms with Crippen molar-refractivity contribution in [2.24, 2.45) is 0 Å². The van der Waals surface area contributed by atoms with Crippen molar-refractivity contribution in [1.29, 1.82) is 0 Å². The van der Waals surface area contributed by atoms with Crippen LogP contribution in [0.1, 0.15) is 12.6 Å². The van der Waals surface area contributed by atoms with Crippen LogP contribution in [0.4, 0.5) is 24.7 Å². The number of aliphatic hydroxyl groups excluding tert-OH is 1. The van der Waals surface area contributed by atoms with E-state index in [4.69, 9.17) is 5.11 Å². The molecule has 0 bridgehead atoms. The van der Waals surface area contributed by atoms with Crippen molar-refractivity contribution in [3.63, 3.8) is 0 Å². The van der Waals surface area contributed by atoms with Gasteiger partial charge in [0.1, 0.15) is 5.69 Å². The monoisotopic (exact) mass is 296 g/mol. The highest BCUT2D eigenvalue weighted by atomic mass is 19.4. The van der Waals surface area contributed by atoms with Gasteiger partial charge in [0.25, 0.3) is 0 Å². The molecule has 0 saturated heterocycles. The molecule has 114 valence electrons. The first-order valence-electron chi connectivity index (χ1n) is 5.77. The fourth-order valence-electron chi connectivity index (χ4n) is 1.82. The third-order valence-corrected chi connectivity index (χ3v) is 2.74. The molecular weight excluding hydrogens is 281 g/mol. The van der Waals surface area contributed by atoms with E-state index in [0.29, 0.717) is 0 Å². The summed E-state index contributed by atoms with van der Waals surface area (Å²) in [5.74, 6) is -0.0571. The van der Waals surface area contributed by atoms with Gasteiger partial charge in [-0.1, -0.05) is 0 Å². The molecule has 1 atom stereocenters. The van der Waals surface area contributed by atoms with Gasteiger partial charge in [-0.15, -0.1) is 0 Å². The van der Waals surface area contributed by atoms with Crippen LogP contribution in [-0.2, 0) is 6.54 Å². The second kappa shape index (κ2) is 5.65. The summed E-state index contributed by atoms with van der Waals surface area (Å²) in [5.41, 5.74) is -0.246. The van der Waals surface area contributed by atoms with Crippen molar-refractivity contribution in [3.8, 4) is 0 Å². The number of rotatable bonds is 5. The molecule has 0 aliphatic rings. The summed E-state index contributed by atoms with van der Waals surface area (Å²) in [6, 6.07) is 0. The number of nitro groups is 1. The van der Waals surface area contributed by atoms with Crippen LogP contribution in [0.15, 0.2) is 0 Å². The Hall–Kier alpha value is -1.84. The number of aliphatic hydroxyl groups is 1. The number of aromatic nitrogens is 2. The Labute approximate surface area is 112 Å². The van der Waals surface area contributed by atoms with Crippen molar-refractivity contribution >= 4 is 11.5 Å². The molecule has 1 heterocycles. The zero-order valence-corrected chi connectivity index (χ0v) is 11.2. The van der Waals surface area contributed by atoms with Crippen LogP contribution < -0.4 is 4.90 Å². The molecule has 0 aliphatic carbocycles. The number of hydrogen-bond donors (Lipinski definition) is 1. The molecule has 0 saturated carbocycles. The molecule has 1 N–H and O–H groups in total. The lowest BCUT2D eigenvalue weighted by Crippen LogP contribution is -2.40. The third-order valence-electron chi connectivity index (χ3n) is 2.74. The van der Waals surface area contributed by atoms with E-state index in [-0.39, 0.29) is 23.7 Å². The Balaban J connectivity index is 3.15. The number of likely N-dealkylation sites (N-methyl/N-ethyl adjacent to an activating group) is 1. The summed E-state index contributed by atoms with van der Waals surface area (Å²) in [5, 5.41) is 24.0. The molecule has 0 spiro atoms. The van der Waals surface area contributed by atoms with Gasteiger partial charge in [-0.2, -0.15) is 18.3 Å². The van der Waals surface area contributed by atoms with Crippen LogP contribution >= 0.6 is 0 Å². The van der Waals surface area contributed by atoms with Gasteiger partial charge in [0.15, 0.2) is 6.10 Å².